The number of hydrogen-bond acceptors (Lipinski definition) is 5. The summed E-state index contributed by atoms with van der Waals surface area (Å²) >= 11 is 0.855. The van der Waals surface area contributed by atoms with Crippen LogP contribution in [-0.2, 0) is 20.9 Å². The van der Waals surface area contributed by atoms with Gasteiger partial charge < -0.3 is 9.30 Å². The van der Waals surface area contributed by atoms with Crippen LogP contribution in [-0.4, -0.2) is 40.2 Å². The number of nitrogens with zero attached hydrogens (tertiary/aromatic N) is 2. The van der Waals surface area contributed by atoms with E-state index >= 15 is 0 Å². The Bertz CT molecular complexity index is 952. The number of rotatable bonds is 4. The highest BCUT2D eigenvalue weighted by atomic mass is 32.2. The van der Waals surface area contributed by atoms with Gasteiger partial charge in [-0.3, -0.25) is 19.3 Å². The van der Waals surface area contributed by atoms with Crippen LogP contribution in [0.1, 0.15) is 5.56 Å². The van der Waals surface area contributed by atoms with Crippen LogP contribution in [0.3, 0.4) is 0 Å². The maximum atomic E-state index is 12.3. The minimum absolute atomic E-state index is 0.0495. The number of terminal acetylenes is 1. The summed E-state index contributed by atoms with van der Waals surface area (Å²) in [4.78, 5) is 37.2. The Hall–Kier alpha value is -2.98. The molecule has 1 aromatic carbocycles. The molecule has 126 valence electrons. The molecule has 1 aliphatic rings. The van der Waals surface area contributed by atoms with E-state index in [1.807, 2.05) is 24.3 Å². The number of methoxy groups -OCH3 is 1. The highest BCUT2D eigenvalue weighted by Gasteiger charge is 2.34. The molecule has 0 atom stereocenters. The summed E-state index contributed by atoms with van der Waals surface area (Å²) in [6.07, 6.45) is 8.61. The number of ether oxygens (including phenoxy) is 1. The van der Waals surface area contributed by atoms with Gasteiger partial charge in [0.2, 0.25) is 0 Å². The maximum absolute atomic E-state index is 12.3. The Morgan fingerprint density at radius 3 is 2.84 bits per heavy atom. The molecule has 6 nitrogen and oxygen atoms in total. The summed E-state index contributed by atoms with van der Waals surface area (Å²) in [6, 6.07) is 7.49. The van der Waals surface area contributed by atoms with E-state index in [4.69, 9.17) is 11.2 Å². The van der Waals surface area contributed by atoms with E-state index in [-0.39, 0.29) is 24.3 Å². The van der Waals surface area contributed by atoms with Gasteiger partial charge in [-0.2, -0.15) is 0 Å². The van der Waals surface area contributed by atoms with Crippen LogP contribution in [0, 0.1) is 12.3 Å². The molecule has 25 heavy (non-hydrogen) atoms. The van der Waals surface area contributed by atoms with Gasteiger partial charge in [0.25, 0.3) is 11.1 Å². The van der Waals surface area contributed by atoms with Crippen molar-refractivity contribution >= 4 is 45.9 Å². The van der Waals surface area contributed by atoms with Crippen molar-refractivity contribution in [2.75, 3.05) is 13.7 Å². The van der Waals surface area contributed by atoms with Crippen LogP contribution in [0.4, 0.5) is 4.79 Å². The van der Waals surface area contributed by atoms with E-state index in [0.29, 0.717) is 4.91 Å². The molecule has 0 radical (unpaired) electrons. The summed E-state index contributed by atoms with van der Waals surface area (Å²) in [7, 11) is 1.33. The molecule has 2 aromatic rings. The Labute approximate surface area is 148 Å². The first-order valence-electron chi connectivity index (χ1n) is 7.38. The van der Waals surface area contributed by atoms with Crippen molar-refractivity contribution in [1.29, 1.82) is 0 Å². The minimum Gasteiger partial charge on any atom is -0.468 e. The van der Waals surface area contributed by atoms with Crippen molar-refractivity contribution in [3.63, 3.8) is 0 Å². The summed E-state index contributed by atoms with van der Waals surface area (Å²) in [6.45, 7) is 0.00946. The van der Waals surface area contributed by atoms with E-state index in [2.05, 4.69) is 5.92 Å². The Morgan fingerprint density at radius 1 is 1.36 bits per heavy atom. The van der Waals surface area contributed by atoms with Crippen molar-refractivity contribution < 1.29 is 19.1 Å². The summed E-state index contributed by atoms with van der Waals surface area (Å²) in [5.41, 5.74) is 1.58. The maximum Gasteiger partial charge on any atom is 0.325 e. The fourth-order valence-electron chi connectivity index (χ4n) is 2.59. The molecule has 2 amide bonds. The zero-order chi connectivity index (χ0) is 18.0. The first-order valence-corrected chi connectivity index (χ1v) is 8.20. The van der Waals surface area contributed by atoms with Gasteiger partial charge in [0.1, 0.15) is 6.54 Å². The summed E-state index contributed by atoms with van der Waals surface area (Å²) < 4.78 is 6.46. The van der Waals surface area contributed by atoms with Crippen LogP contribution in [0.15, 0.2) is 35.4 Å². The average molecular weight is 354 g/mol. The van der Waals surface area contributed by atoms with E-state index in [0.717, 1.165) is 33.1 Å². The number of hydrogen-bond donors (Lipinski definition) is 0. The first-order chi connectivity index (χ1) is 12.0. The molecule has 0 saturated carbocycles. The number of esters is 1. The molecule has 1 aliphatic heterocycles. The lowest BCUT2D eigenvalue weighted by atomic mass is 10.1. The molecule has 1 fully saturated rings. The third-order valence-electron chi connectivity index (χ3n) is 3.76. The molecule has 0 bridgehead atoms. The first kappa shape index (κ1) is 16.9. The van der Waals surface area contributed by atoms with Gasteiger partial charge in [-0.05, 0) is 23.9 Å². The standard InChI is InChI=1S/C18H14N2O4S/c1-3-8-20-17(22)15(25-18(20)23)9-12-10-19(11-16(21)24-2)14-7-5-4-6-13(12)14/h1,4-7,9-10H,8,11H2,2H3/b15-9-. The molecule has 0 N–H and O–H groups in total. The van der Waals surface area contributed by atoms with Crippen LogP contribution in [0.5, 0.6) is 0 Å². The number of aromatic nitrogens is 1. The van der Waals surface area contributed by atoms with E-state index in [9.17, 15) is 14.4 Å². The number of carbonyl (C=O) groups excluding carboxylic acids is 3. The Morgan fingerprint density at radius 2 is 2.12 bits per heavy atom. The molecule has 0 unspecified atom stereocenters. The van der Waals surface area contributed by atoms with Gasteiger partial charge in [-0.15, -0.1) is 6.42 Å². The zero-order valence-corrected chi connectivity index (χ0v) is 14.2. The van der Waals surface area contributed by atoms with Crippen molar-refractivity contribution in [3.8, 4) is 12.3 Å². The smallest absolute Gasteiger partial charge is 0.325 e. The lowest BCUT2D eigenvalue weighted by Crippen LogP contribution is -2.28. The number of thioether (sulfide) groups is 1. The van der Waals surface area contributed by atoms with Crippen LogP contribution >= 0.6 is 11.8 Å². The number of carbonyl (C=O) groups is 3. The predicted octanol–water partition coefficient (Wildman–Crippen LogP) is 2.48. The fourth-order valence-corrected chi connectivity index (χ4v) is 3.42. The van der Waals surface area contributed by atoms with Crippen LogP contribution < -0.4 is 0 Å². The number of amides is 2. The Kier molecular flexibility index (Phi) is 4.63. The number of fused-ring (bicyclic) bond motifs is 1. The largest absolute Gasteiger partial charge is 0.468 e. The molecule has 7 heteroatoms. The number of para-hydroxylation sites is 1. The lowest BCUT2D eigenvalue weighted by molar-refractivity contribution is -0.141. The second-order valence-corrected chi connectivity index (χ2v) is 6.27. The SMILES string of the molecule is C#CCN1C(=O)S/C(=C\c2cn(CC(=O)OC)c3ccccc23)C1=O. The topological polar surface area (TPSA) is 68.6 Å². The molecular formula is C18H14N2O4S. The molecular weight excluding hydrogens is 340 g/mol. The molecule has 2 heterocycles. The Balaban J connectivity index is 2.02. The molecule has 0 spiro atoms. The van der Waals surface area contributed by atoms with E-state index in [1.165, 1.54) is 7.11 Å². The monoisotopic (exact) mass is 354 g/mol. The van der Waals surface area contributed by atoms with E-state index in [1.54, 1.807) is 16.8 Å². The van der Waals surface area contributed by atoms with Gasteiger partial charge in [-0.25, -0.2) is 0 Å². The van der Waals surface area contributed by atoms with Crippen LogP contribution in [0.25, 0.3) is 17.0 Å². The van der Waals surface area contributed by atoms with Gasteiger partial charge in [0.15, 0.2) is 0 Å². The highest BCUT2D eigenvalue weighted by molar-refractivity contribution is 8.18. The highest BCUT2D eigenvalue weighted by Crippen LogP contribution is 2.33. The van der Waals surface area contributed by atoms with Gasteiger partial charge in [0, 0.05) is 22.7 Å². The van der Waals surface area contributed by atoms with Gasteiger partial charge in [-0.1, -0.05) is 24.1 Å². The van der Waals surface area contributed by atoms with Crippen molar-refractivity contribution in [2.45, 2.75) is 6.54 Å². The fraction of sp³-hybridized carbons (Fsp3) is 0.167. The predicted molar refractivity (Wildman–Crippen MR) is 95.5 cm³/mol. The van der Waals surface area contributed by atoms with Crippen molar-refractivity contribution in [1.82, 2.24) is 9.47 Å². The third kappa shape index (κ3) is 3.16. The molecule has 0 aliphatic carbocycles. The molecule has 1 saturated heterocycles. The number of benzene rings is 1. The van der Waals surface area contributed by atoms with E-state index < -0.39 is 5.91 Å². The third-order valence-corrected chi connectivity index (χ3v) is 4.66. The van der Waals surface area contributed by atoms with Crippen molar-refractivity contribution in [3.05, 3.63) is 40.9 Å². The zero-order valence-electron chi connectivity index (χ0n) is 13.4. The van der Waals surface area contributed by atoms with Gasteiger partial charge in [0.05, 0.1) is 18.6 Å². The summed E-state index contributed by atoms with van der Waals surface area (Å²) in [5.74, 6) is 1.53. The molecule has 1 aromatic heterocycles. The van der Waals surface area contributed by atoms with Gasteiger partial charge >= 0.3 is 5.97 Å². The quantitative estimate of drug-likeness (QED) is 0.479. The second-order valence-electron chi connectivity index (χ2n) is 5.28. The van der Waals surface area contributed by atoms with Crippen molar-refractivity contribution in [2.24, 2.45) is 0 Å². The summed E-state index contributed by atoms with van der Waals surface area (Å²) in [5, 5.41) is 0.489. The average Bonchev–Trinajstić information content (AvgIpc) is 3.08. The lowest BCUT2D eigenvalue weighted by Gasteiger charge is -2.06. The van der Waals surface area contributed by atoms with Crippen LogP contribution in [0.2, 0.25) is 0 Å². The normalized spacial score (nSPS) is 15.8. The second kappa shape index (κ2) is 6.87. The minimum atomic E-state index is -0.405. The number of imide groups is 1. The molecule has 3 rings (SSSR count).